The third kappa shape index (κ3) is 4.76. The predicted octanol–water partition coefficient (Wildman–Crippen LogP) is 6.66. The molecule has 0 saturated heterocycles. The lowest BCUT2D eigenvalue weighted by atomic mass is 9.64. The summed E-state index contributed by atoms with van der Waals surface area (Å²) in [6.07, 6.45) is 7.96. The van der Waals surface area contributed by atoms with Gasteiger partial charge in [0.25, 0.3) is 5.92 Å². The van der Waals surface area contributed by atoms with Crippen molar-refractivity contribution in [1.82, 2.24) is 0 Å². The number of hydrogen-bond donors (Lipinski definition) is 0. The van der Waals surface area contributed by atoms with Crippen molar-refractivity contribution in [2.24, 2.45) is 35.5 Å². The van der Waals surface area contributed by atoms with Crippen LogP contribution in [0.25, 0.3) is 0 Å². The maximum Gasteiger partial charge on any atom is 0.251 e. The molecule has 134 valence electrons. The van der Waals surface area contributed by atoms with Crippen molar-refractivity contribution in [2.45, 2.75) is 78.3 Å². The molecule has 0 aromatic heterocycles. The van der Waals surface area contributed by atoms with Crippen molar-refractivity contribution >= 4 is 0 Å². The van der Waals surface area contributed by atoms with Crippen LogP contribution in [-0.2, 0) is 0 Å². The first-order valence-electron chi connectivity index (χ1n) is 9.42. The van der Waals surface area contributed by atoms with Gasteiger partial charge >= 0.3 is 0 Å². The van der Waals surface area contributed by atoms with E-state index < -0.39 is 18.0 Å². The molecule has 0 radical (unpaired) electrons. The Morgan fingerprint density at radius 3 is 2.30 bits per heavy atom. The normalized spacial score (nSPS) is 39.0. The van der Waals surface area contributed by atoms with Gasteiger partial charge in [-0.3, -0.25) is 0 Å². The Bertz CT molecular complexity index is 396. The van der Waals surface area contributed by atoms with Gasteiger partial charge in [0.1, 0.15) is 6.17 Å². The zero-order valence-corrected chi connectivity index (χ0v) is 15.1. The second-order valence-electron chi connectivity index (χ2n) is 8.40. The highest BCUT2D eigenvalue weighted by atomic mass is 19.3. The molecule has 0 aliphatic heterocycles. The Hall–Kier alpha value is -0.470. The molecule has 0 heterocycles. The van der Waals surface area contributed by atoms with Crippen LogP contribution < -0.4 is 0 Å². The molecule has 0 N–H and O–H groups in total. The highest BCUT2D eigenvalue weighted by molar-refractivity contribution is 5.04. The van der Waals surface area contributed by atoms with Crippen molar-refractivity contribution < 1.29 is 13.2 Å². The molecule has 0 aromatic rings. The second kappa shape index (κ2) is 7.61. The third-order valence-electron chi connectivity index (χ3n) is 6.11. The fraction of sp³-hybridized carbons (Fsp3) is 0.900. The van der Waals surface area contributed by atoms with Crippen molar-refractivity contribution in [3.8, 4) is 0 Å². The van der Waals surface area contributed by atoms with Gasteiger partial charge in [-0.1, -0.05) is 39.3 Å². The van der Waals surface area contributed by atoms with E-state index in [0.717, 1.165) is 32.6 Å². The van der Waals surface area contributed by atoms with E-state index in [4.69, 9.17) is 0 Å². The van der Waals surface area contributed by atoms with Gasteiger partial charge in [0.2, 0.25) is 0 Å². The van der Waals surface area contributed by atoms with Crippen molar-refractivity contribution in [2.75, 3.05) is 0 Å². The number of hydrogen-bond acceptors (Lipinski definition) is 0. The largest absolute Gasteiger partial charge is 0.251 e. The lowest BCUT2D eigenvalue weighted by molar-refractivity contribution is -0.0306. The molecule has 3 heteroatoms. The van der Waals surface area contributed by atoms with Gasteiger partial charge in [0.05, 0.1) is 0 Å². The molecule has 1 fully saturated rings. The summed E-state index contributed by atoms with van der Waals surface area (Å²) in [4.78, 5) is 0. The van der Waals surface area contributed by atoms with E-state index in [1.54, 1.807) is 6.08 Å². The van der Waals surface area contributed by atoms with Gasteiger partial charge in [0.15, 0.2) is 0 Å². The van der Waals surface area contributed by atoms with Crippen LogP contribution in [0.1, 0.15) is 66.2 Å². The van der Waals surface area contributed by atoms with E-state index >= 15 is 0 Å². The average molecular weight is 330 g/mol. The number of alkyl halides is 3. The number of halogens is 3. The van der Waals surface area contributed by atoms with Crippen LogP contribution in [0.5, 0.6) is 0 Å². The molecule has 1 saturated carbocycles. The monoisotopic (exact) mass is 330 g/mol. The maximum atomic E-state index is 14.7. The van der Waals surface area contributed by atoms with Crippen LogP contribution in [0.4, 0.5) is 13.2 Å². The van der Waals surface area contributed by atoms with Gasteiger partial charge in [0, 0.05) is 5.92 Å². The van der Waals surface area contributed by atoms with Gasteiger partial charge in [-0.2, -0.15) is 0 Å². The molecular weight excluding hydrogens is 297 g/mol. The average Bonchev–Trinajstić information content (AvgIpc) is 2.45. The summed E-state index contributed by atoms with van der Waals surface area (Å²) in [5.41, 5.74) is 0. The Kier molecular flexibility index (Phi) is 6.24. The Labute approximate surface area is 139 Å². The first kappa shape index (κ1) is 18.9. The predicted molar refractivity (Wildman–Crippen MR) is 90.3 cm³/mol. The molecule has 2 aliphatic carbocycles. The fourth-order valence-electron chi connectivity index (χ4n) is 4.89. The molecular formula is C20H33F3. The minimum absolute atomic E-state index is 0.189. The first-order chi connectivity index (χ1) is 10.7. The van der Waals surface area contributed by atoms with E-state index in [2.05, 4.69) is 20.8 Å². The maximum absolute atomic E-state index is 14.7. The van der Waals surface area contributed by atoms with Gasteiger partial charge in [-0.25, -0.2) is 13.2 Å². The van der Waals surface area contributed by atoms with Gasteiger partial charge < -0.3 is 0 Å². The van der Waals surface area contributed by atoms with Crippen LogP contribution in [0.15, 0.2) is 12.2 Å². The lowest BCUT2D eigenvalue weighted by Gasteiger charge is -2.42. The molecule has 0 aromatic carbocycles. The van der Waals surface area contributed by atoms with Crippen LogP contribution in [0, 0.1) is 35.5 Å². The summed E-state index contributed by atoms with van der Waals surface area (Å²) in [6.45, 7) is 7.51. The number of allylic oxidation sites excluding steroid dienone is 2. The fourth-order valence-corrected chi connectivity index (χ4v) is 4.89. The number of rotatable bonds is 5. The van der Waals surface area contributed by atoms with E-state index in [0.29, 0.717) is 36.5 Å². The minimum atomic E-state index is -2.63. The summed E-state index contributed by atoms with van der Waals surface area (Å²) >= 11 is 0. The van der Waals surface area contributed by atoms with Crippen LogP contribution >= 0.6 is 0 Å². The highest BCUT2D eigenvalue weighted by Crippen LogP contribution is 2.46. The standard InChI is InChI=1S/C20H33F3/c1-5-18-16(10-13(2)3)11-15(12-19(18)21)14-6-8-17(9-7-14)20(4,22)23/h6,8,13-19H,5,7,9-12H2,1-4H3. The molecule has 0 nitrogen and oxygen atoms in total. The van der Waals surface area contributed by atoms with Crippen molar-refractivity contribution in [3.05, 3.63) is 12.2 Å². The topological polar surface area (TPSA) is 0 Å². The quantitative estimate of drug-likeness (QED) is 0.494. The summed E-state index contributed by atoms with van der Waals surface area (Å²) in [5.74, 6) is -1.42. The van der Waals surface area contributed by atoms with E-state index in [1.807, 2.05) is 6.08 Å². The molecule has 2 aliphatic rings. The molecule has 2 rings (SSSR count). The van der Waals surface area contributed by atoms with Gasteiger partial charge in [-0.05, 0) is 68.6 Å². The minimum Gasteiger partial charge on any atom is -0.247 e. The zero-order chi connectivity index (χ0) is 17.2. The summed E-state index contributed by atoms with van der Waals surface area (Å²) in [5, 5.41) is 0. The Balaban J connectivity index is 2.03. The van der Waals surface area contributed by atoms with Crippen molar-refractivity contribution in [3.63, 3.8) is 0 Å². The molecule has 0 spiro atoms. The van der Waals surface area contributed by atoms with Crippen molar-refractivity contribution in [1.29, 1.82) is 0 Å². The lowest BCUT2D eigenvalue weighted by Crippen LogP contribution is -2.38. The molecule has 6 atom stereocenters. The second-order valence-corrected chi connectivity index (χ2v) is 8.40. The highest BCUT2D eigenvalue weighted by Gasteiger charge is 2.41. The van der Waals surface area contributed by atoms with E-state index in [9.17, 15) is 13.2 Å². The summed E-state index contributed by atoms with van der Waals surface area (Å²) < 4.78 is 41.5. The van der Waals surface area contributed by atoms with Crippen LogP contribution in [0.2, 0.25) is 0 Å². The van der Waals surface area contributed by atoms with E-state index in [1.165, 1.54) is 0 Å². The molecule has 6 unspecified atom stereocenters. The molecule has 23 heavy (non-hydrogen) atoms. The Morgan fingerprint density at radius 2 is 1.83 bits per heavy atom. The smallest absolute Gasteiger partial charge is 0.247 e. The van der Waals surface area contributed by atoms with Crippen LogP contribution in [0.3, 0.4) is 0 Å². The SMILES string of the molecule is CCC1C(F)CC(C2C=CC(C(C)(F)F)CC2)CC1CC(C)C. The summed E-state index contributed by atoms with van der Waals surface area (Å²) in [6, 6.07) is 0. The zero-order valence-electron chi connectivity index (χ0n) is 15.1. The third-order valence-corrected chi connectivity index (χ3v) is 6.11. The molecule has 0 bridgehead atoms. The van der Waals surface area contributed by atoms with Crippen LogP contribution in [-0.4, -0.2) is 12.1 Å². The van der Waals surface area contributed by atoms with Gasteiger partial charge in [-0.15, -0.1) is 0 Å². The summed E-state index contributed by atoms with van der Waals surface area (Å²) in [7, 11) is 0. The first-order valence-corrected chi connectivity index (χ1v) is 9.42. The Morgan fingerprint density at radius 1 is 1.13 bits per heavy atom. The van der Waals surface area contributed by atoms with E-state index in [-0.39, 0.29) is 5.92 Å². The molecule has 0 amide bonds.